The largest absolute Gasteiger partial charge is 0.387 e. The first kappa shape index (κ1) is 11.5. The van der Waals surface area contributed by atoms with E-state index in [1.54, 1.807) is 6.92 Å². The molecular formula is C10H12N4O3. The minimum Gasteiger partial charge on any atom is -0.387 e. The third kappa shape index (κ3) is 1.84. The first-order chi connectivity index (χ1) is 8.04. The van der Waals surface area contributed by atoms with Crippen molar-refractivity contribution in [1.82, 2.24) is 19.5 Å². The van der Waals surface area contributed by atoms with Gasteiger partial charge in [-0.15, -0.1) is 0 Å². The Labute approximate surface area is 95.8 Å². The highest BCUT2D eigenvalue weighted by molar-refractivity contribution is 5.68. The number of aliphatic hydroxyl groups excluding tert-OH is 1. The number of aliphatic hydroxyl groups is 1. The van der Waals surface area contributed by atoms with E-state index < -0.39 is 17.4 Å². The molecule has 2 aromatic heterocycles. The number of nitrogens with zero attached hydrogens (tertiary/aromatic N) is 3. The van der Waals surface area contributed by atoms with Crippen LogP contribution in [-0.2, 0) is 7.05 Å². The zero-order chi connectivity index (χ0) is 12.6. The standard InChI is InChI=1S/C10H12N4O3/c1-3-6(15)5-4-11-8-7(12-5)9(16)13-10(17)14(8)2/h4,6,15H,3H2,1-2H3,(H,13,16,17)/t6-/m0/s1. The minimum absolute atomic E-state index is 0.0529. The van der Waals surface area contributed by atoms with Crippen molar-refractivity contribution < 1.29 is 5.11 Å². The van der Waals surface area contributed by atoms with Gasteiger partial charge in [0.15, 0.2) is 11.2 Å². The molecule has 0 aliphatic heterocycles. The van der Waals surface area contributed by atoms with E-state index in [1.165, 1.54) is 17.8 Å². The average molecular weight is 236 g/mol. The number of rotatable bonds is 2. The van der Waals surface area contributed by atoms with Gasteiger partial charge >= 0.3 is 5.69 Å². The lowest BCUT2D eigenvalue weighted by molar-refractivity contribution is 0.169. The Morgan fingerprint density at radius 3 is 2.88 bits per heavy atom. The molecule has 2 aromatic rings. The maximum Gasteiger partial charge on any atom is 0.329 e. The third-order valence-corrected chi connectivity index (χ3v) is 2.56. The summed E-state index contributed by atoms with van der Waals surface area (Å²) in [5.41, 5.74) is -0.562. The molecule has 0 amide bonds. The molecule has 2 rings (SSSR count). The van der Waals surface area contributed by atoms with Crippen LogP contribution in [0.25, 0.3) is 11.2 Å². The number of H-pyrrole nitrogens is 1. The minimum atomic E-state index is -0.761. The Balaban J connectivity index is 2.79. The summed E-state index contributed by atoms with van der Waals surface area (Å²) in [6.45, 7) is 1.79. The highest BCUT2D eigenvalue weighted by Gasteiger charge is 2.12. The van der Waals surface area contributed by atoms with Gasteiger partial charge in [-0.25, -0.2) is 14.8 Å². The van der Waals surface area contributed by atoms with Crippen molar-refractivity contribution in [3.8, 4) is 0 Å². The van der Waals surface area contributed by atoms with Crippen molar-refractivity contribution in [2.24, 2.45) is 7.05 Å². The van der Waals surface area contributed by atoms with E-state index in [2.05, 4.69) is 15.0 Å². The second-order valence-corrected chi connectivity index (χ2v) is 3.71. The topological polar surface area (TPSA) is 101 Å². The van der Waals surface area contributed by atoms with Gasteiger partial charge in [-0.3, -0.25) is 14.3 Å². The normalized spacial score (nSPS) is 12.9. The lowest BCUT2D eigenvalue weighted by Crippen LogP contribution is -2.29. The van der Waals surface area contributed by atoms with Gasteiger partial charge in [0.1, 0.15) is 0 Å². The van der Waals surface area contributed by atoms with Crippen LogP contribution in [0.15, 0.2) is 15.8 Å². The van der Waals surface area contributed by atoms with Crippen molar-refractivity contribution >= 4 is 11.2 Å². The fraction of sp³-hybridized carbons (Fsp3) is 0.400. The number of aryl methyl sites for hydroxylation is 1. The summed E-state index contributed by atoms with van der Waals surface area (Å²) in [5, 5.41) is 9.62. The lowest BCUT2D eigenvalue weighted by Gasteiger charge is -2.08. The number of nitrogens with one attached hydrogen (secondary N) is 1. The molecule has 0 aliphatic carbocycles. The predicted molar refractivity (Wildman–Crippen MR) is 60.7 cm³/mol. The molecule has 0 aromatic carbocycles. The van der Waals surface area contributed by atoms with Gasteiger partial charge < -0.3 is 5.11 Å². The number of fused-ring (bicyclic) bond motifs is 1. The second-order valence-electron chi connectivity index (χ2n) is 3.71. The fourth-order valence-electron chi connectivity index (χ4n) is 1.50. The molecule has 0 bridgehead atoms. The molecule has 7 heteroatoms. The van der Waals surface area contributed by atoms with Crippen LogP contribution in [0.3, 0.4) is 0 Å². The maximum absolute atomic E-state index is 11.6. The first-order valence-corrected chi connectivity index (χ1v) is 5.18. The Morgan fingerprint density at radius 2 is 2.24 bits per heavy atom. The molecule has 0 saturated carbocycles. The quantitative estimate of drug-likeness (QED) is 0.729. The van der Waals surface area contributed by atoms with Crippen LogP contribution in [0.1, 0.15) is 25.1 Å². The number of aromatic nitrogens is 4. The Morgan fingerprint density at radius 1 is 1.53 bits per heavy atom. The van der Waals surface area contributed by atoms with Crippen LogP contribution < -0.4 is 11.2 Å². The molecule has 90 valence electrons. The van der Waals surface area contributed by atoms with Crippen LogP contribution in [0.4, 0.5) is 0 Å². The SMILES string of the molecule is CC[C@H](O)c1cnc2c(n1)c(=O)[nH]c(=O)n2C. The van der Waals surface area contributed by atoms with Crippen LogP contribution >= 0.6 is 0 Å². The maximum atomic E-state index is 11.6. The van der Waals surface area contributed by atoms with Crippen molar-refractivity contribution in [1.29, 1.82) is 0 Å². The molecule has 0 spiro atoms. The average Bonchev–Trinajstić information content (AvgIpc) is 2.34. The molecule has 0 saturated heterocycles. The molecule has 1 atom stereocenters. The van der Waals surface area contributed by atoms with Crippen molar-refractivity contribution in [2.75, 3.05) is 0 Å². The molecule has 0 unspecified atom stereocenters. The van der Waals surface area contributed by atoms with Crippen LogP contribution in [0.5, 0.6) is 0 Å². The van der Waals surface area contributed by atoms with Crippen molar-refractivity contribution in [3.05, 3.63) is 32.7 Å². The third-order valence-electron chi connectivity index (χ3n) is 2.56. The summed E-state index contributed by atoms with van der Waals surface area (Å²) in [6, 6.07) is 0. The Hall–Kier alpha value is -2.02. The molecule has 17 heavy (non-hydrogen) atoms. The van der Waals surface area contributed by atoms with Crippen LogP contribution in [0.2, 0.25) is 0 Å². The first-order valence-electron chi connectivity index (χ1n) is 5.18. The molecule has 0 aliphatic rings. The monoisotopic (exact) mass is 236 g/mol. The number of hydrogen-bond acceptors (Lipinski definition) is 5. The molecule has 0 fully saturated rings. The molecule has 2 heterocycles. The summed E-state index contributed by atoms with van der Waals surface area (Å²) in [7, 11) is 1.49. The van der Waals surface area contributed by atoms with Gasteiger partial charge in [0, 0.05) is 7.05 Å². The fourth-order valence-corrected chi connectivity index (χ4v) is 1.50. The van der Waals surface area contributed by atoms with Gasteiger partial charge in [0.05, 0.1) is 18.0 Å². The summed E-state index contributed by atoms with van der Waals surface area (Å²) in [6.07, 6.45) is 1.09. The van der Waals surface area contributed by atoms with E-state index in [9.17, 15) is 14.7 Å². The zero-order valence-electron chi connectivity index (χ0n) is 9.47. The Kier molecular flexibility index (Phi) is 2.76. The molecule has 2 N–H and O–H groups in total. The summed E-state index contributed by atoms with van der Waals surface area (Å²) < 4.78 is 1.20. The summed E-state index contributed by atoms with van der Waals surface area (Å²) >= 11 is 0. The van der Waals surface area contributed by atoms with Gasteiger partial charge in [0.2, 0.25) is 0 Å². The van der Waals surface area contributed by atoms with E-state index in [4.69, 9.17) is 0 Å². The summed E-state index contributed by atoms with van der Waals surface area (Å²) in [5.74, 6) is 0. The van der Waals surface area contributed by atoms with E-state index in [0.29, 0.717) is 12.1 Å². The van der Waals surface area contributed by atoms with E-state index in [1.807, 2.05) is 0 Å². The molecule has 0 radical (unpaired) electrons. The molecular weight excluding hydrogens is 224 g/mol. The van der Waals surface area contributed by atoms with Gasteiger partial charge in [-0.1, -0.05) is 6.92 Å². The van der Waals surface area contributed by atoms with Crippen molar-refractivity contribution in [3.63, 3.8) is 0 Å². The van der Waals surface area contributed by atoms with Crippen LogP contribution in [-0.4, -0.2) is 24.6 Å². The highest BCUT2D eigenvalue weighted by Crippen LogP contribution is 2.13. The Bertz CT molecular complexity index is 673. The summed E-state index contributed by atoms with van der Waals surface area (Å²) in [4.78, 5) is 33.0. The zero-order valence-corrected chi connectivity index (χ0v) is 9.47. The lowest BCUT2D eigenvalue weighted by atomic mass is 10.2. The molecule has 7 nitrogen and oxygen atoms in total. The number of aromatic amines is 1. The van der Waals surface area contributed by atoms with Crippen LogP contribution in [0, 0.1) is 0 Å². The van der Waals surface area contributed by atoms with E-state index in [0.717, 1.165) is 0 Å². The smallest absolute Gasteiger partial charge is 0.329 e. The van der Waals surface area contributed by atoms with Gasteiger partial charge in [-0.2, -0.15) is 0 Å². The second kappa shape index (κ2) is 4.10. The van der Waals surface area contributed by atoms with E-state index in [-0.39, 0.29) is 11.2 Å². The van der Waals surface area contributed by atoms with E-state index >= 15 is 0 Å². The van der Waals surface area contributed by atoms with Gasteiger partial charge in [0.25, 0.3) is 5.56 Å². The highest BCUT2D eigenvalue weighted by atomic mass is 16.3. The van der Waals surface area contributed by atoms with Crippen molar-refractivity contribution in [2.45, 2.75) is 19.4 Å². The number of hydrogen-bond donors (Lipinski definition) is 2. The predicted octanol–water partition coefficient (Wildman–Crippen LogP) is -0.540. The van der Waals surface area contributed by atoms with Gasteiger partial charge in [-0.05, 0) is 6.42 Å².